The minimum atomic E-state index is -3.58. The second kappa shape index (κ2) is 20.5. The summed E-state index contributed by atoms with van der Waals surface area (Å²) in [5.41, 5.74) is 19.4. The minimum absolute atomic E-state index is 0. The molecule has 4 rings (SSSR count). The molecule has 1 atom stereocenters. The zero-order valence-corrected chi connectivity index (χ0v) is 47.7. The van der Waals surface area contributed by atoms with E-state index < -0.39 is 13.1 Å². The van der Waals surface area contributed by atoms with Gasteiger partial charge in [-0.25, -0.2) is 0 Å². The van der Waals surface area contributed by atoms with Crippen molar-refractivity contribution in [3.8, 4) is 0 Å². The van der Waals surface area contributed by atoms with E-state index in [0.717, 1.165) is 0 Å². The smallest absolute Gasteiger partial charge is 1.00 e. The SMILES string of the molecule is CC1=C(C)C(C)([Si](c2cc(N(C)C)c(C)c(N(C)C)c2N(C)C)(c2cc(N(C)C)c(C)c(N(C)C)c2N(C)C)c2cc(N(C)C)c(C)c(N(C)C)c2N(C)C)[C]([Ti+3])=C1C.[Cl-].[Cl-].[Cl-]. The van der Waals surface area contributed by atoms with E-state index in [1.807, 2.05) is 0 Å². The van der Waals surface area contributed by atoms with Crippen molar-refractivity contribution in [2.75, 3.05) is 171 Å². The molecular formula is C48H78Cl3N9SiTi. The quantitative estimate of drug-likeness (QED) is 0.138. The van der Waals surface area contributed by atoms with Gasteiger partial charge in [-0.1, -0.05) is 0 Å². The molecule has 0 heterocycles. The van der Waals surface area contributed by atoms with Crippen LogP contribution in [0.1, 0.15) is 44.4 Å². The number of halogens is 3. The predicted molar refractivity (Wildman–Crippen MR) is 267 cm³/mol. The maximum absolute atomic E-state index is 3.58. The fourth-order valence-corrected chi connectivity index (χ4v) is 19.0. The Hall–Kier alpha value is -2.86. The molecule has 14 heteroatoms. The molecule has 0 aliphatic heterocycles. The number of hydrogen-bond donors (Lipinski definition) is 0. The van der Waals surface area contributed by atoms with Crippen LogP contribution >= 0.6 is 0 Å². The Balaban J connectivity index is 0.00000641. The molecule has 1 unspecified atom stereocenters. The molecule has 0 N–H and O–H groups in total. The fourth-order valence-electron chi connectivity index (χ4n) is 10.6. The predicted octanol–water partition coefficient (Wildman–Crippen LogP) is -2.38. The summed E-state index contributed by atoms with van der Waals surface area (Å²) in [4.78, 5) is 21.3. The number of hydrogen-bond acceptors (Lipinski definition) is 9. The zero-order valence-electron chi connectivity index (χ0n) is 42.9. The molecule has 344 valence electrons. The Morgan fingerprint density at radius 1 is 0.371 bits per heavy atom. The standard InChI is InChI=1S/C48H78N9Si.3ClH.Ti/c1-30-29-48(7,35(6)31(30)2)58(39-26-36(49(8)9)32(3)42(52(14)15)45(39)55(20)21,40-27-37(50(10)11)33(4)43(53(16)17)46(40)56(22)23)41-28-38(51(12)13)34(5)44(54(18)19)47(41)57(24)25;;;;/h26-28H,1-25H3;3*1H;/q;;;;+3/p-3. The van der Waals surface area contributed by atoms with Crippen LogP contribution in [0, 0.1) is 20.8 Å². The van der Waals surface area contributed by atoms with Gasteiger partial charge in [-0.15, -0.1) is 0 Å². The number of benzene rings is 3. The van der Waals surface area contributed by atoms with E-state index in [2.05, 4.69) is 258 Å². The monoisotopic (exact) mass is 961 g/mol. The normalized spacial score (nSPS) is 14.8. The zero-order chi connectivity index (χ0) is 45.3. The van der Waals surface area contributed by atoms with Crippen LogP contribution in [0.2, 0.25) is 5.04 Å². The maximum Gasteiger partial charge on any atom is -1.00 e. The second-order valence-corrected chi connectivity index (χ2v) is 23.9. The van der Waals surface area contributed by atoms with Crippen molar-refractivity contribution >= 4 is 74.8 Å². The van der Waals surface area contributed by atoms with E-state index in [9.17, 15) is 0 Å². The van der Waals surface area contributed by atoms with Gasteiger partial charge in [0.25, 0.3) is 0 Å². The Kier molecular flexibility index (Phi) is 18.9. The third-order valence-electron chi connectivity index (χ3n) is 13.3. The molecule has 0 fully saturated rings. The van der Waals surface area contributed by atoms with Crippen LogP contribution < -0.4 is 96.9 Å². The van der Waals surface area contributed by atoms with Crippen LogP contribution in [-0.4, -0.2) is 135 Å². The van der Waals surface area contributed by atoms with Gasteiger partial charge in [0.1, 0.15) is 0 Å². The molecule has 1 aliphatic rings. The topological polar surface area (TPSA) is 29.2 Å². The molecule has 0 bridgehead atoms. The van der Waals surface area contributed by atoms with Crippen LogP contribution in [0.25, 0.3) is 0 Å². The van der Waals surface area contributed by atoms with Gasteiger partial charge in [0.2, 0.25) is 0 Å². The van der Waals surface area contributed by atoms with Crippen molar-refractivity contribution < 1.29 is 57.7 Å². The summed E-state index contributed by atoms with van der Waals surface area (Å²) in [5, 5.41) is 3.81. The van der Waals surface area contributed by atoms with E-state index in [1.165, 1.54) is 104 Å². The molecule has 3 aromatic rings. The van der Waals surface area contributed by atoms with Crippen LogP contribution in [0.4, 0.5) is 51.2 Å². The molecule has 0 amide bonds. The van der Waals surface area contributed by atoms with E-state index in [0.29, 0.717) is 0 Å². The van der Waals surface area contributed by atoms with Crippen molar-refractivity contribution in [2.24, 2.45) is 0 Å². The van der Waals surface area contributed by atoms with Crippen molar-refractivity contribution in [3.05, 3.63) is 55.5 Å². The average Bonchev–Trinajstić information content (AvgIpc) is 3.26. The Morgan fingerprint density at radius 2 is 0.597 bits per heavy atom. The third kappa shape index (κ3) is 8.67. The molecule has 0 saturated carbocycles. The summed E-state index contributed by atoms with van der Waals surface area (Å²) in [6.07, 6.45) is 0. The van der Waals surface area contributed by atoms with Gasteiger partial charge >= 0.3 is 375 Å². The number of allylic oxidation sites excluding steroid dienone is 4. The summed E-state index contributed by atoms with van der Waals surface area (Å²) >= 11 is 2.45. The van der Waals surface area contributed by atoms with Crippen molar-refractivity contribution in [1.82, 2.24) is 0 Å². The molecule has 62 heavy (non-hydrogen) atoms. The van der Waals surface area contributed by atoms with Gasteiger partial charge in [0.15, 0.2) is 0 Å². The molecule has 3 aromatic carbocycles. The summed E-state index contributed by atoms with van der Waals surface area (Å²) < 4.78 is 1.45. The Labute approximate surface area is 409 Å². The van der Waals surface area contributed by atoms with E-state index in [-0.39, 0.29) is 37.2 Å². The largest absolute Gasteiger partial charge is 1.00 e. The van der Waals surface area contributed by atoms with Gasteiger partial charge in [0, 0.05) is 0 Å². The first-order valence-corrected chi connectivity index (χ1v) is 23.6. The first kappa shape index (κ1) is 57.2. The molecule has 0 aromatic heterocycles. The van der Waals surface area contributed by atoms with Crippen LogP contribution in [0.3, 0.4) is 0 Å². The van der Waals surface area contributed by atoms with Gasteiger partial charge in [-0.05, 0) is 0 Å². The second-order valence-electron chi connectivity index (χ2n) is 19.0. The first-order chi connectivity index (χ1) is 27.1. The van der Waals surface area contributed by atoms with Crippen LogP contribution in [-0.2, 0) is 20.4 Å². The molecule has 0 radical (unpaired) electrons. The average molecular weight is 964 g/mol. The summed E-state index contributed by atoms with van der Waals surface area (Å²) in [6, 6.07) is 7.85. The van der Waals surface area contributed by atoms with E-state index in [1.54, 1.807) is 0 Å². The number of rotatable bonds is 13. The third-order valence-corrected chi connectivity index (χ3v) is 20.8. The van der Waals surface area contributed by atoms with Gasteiger partial charge in [-0.2, -0.15) is 0 Å². The van der Waals surface area contributed by atoms with Gasteiger partial charge < -0.3 is 37.2 Å². The Bertz CT molecular complexity index is 1970. The molecular weight excluding hydrogens is 885 g/mol. The van der Waals surface area contributed by atoms with Crippen molar-refractivity contribution in [3.63, 3.8) is 0 Å². The van der Waals surface area contributed by atoms with Crippen molar-refractivity contribution in [2.45, 2.75) is 53.5 Å². The Morgan fingerprint density at radius 3 is 0.758 bits per heavy atom. The number of anilines is 9. The fraction of sp³-hybridized carbons (Fsp3) is 0.542. The summed E-state index contributed by atoms with van der Waals surface area (Å²) in [5.74, 6) is 0. The summed E-state index contributed by atoms with van der Waals surface area (Å²) in [6.45, 7) is 16.7. The van der Waals surface area contributed by atoms with Gasteiger partial charge in [0.05, 0.1) is 0 Å². The van der Waals surface area contributed by atoms with Gasteiger partial charge in [-0.3, -0.25) is 0 Å². The molecule has 0 spiro atoms. The van der Waals surface area contributed by atoms with Crippen molar-refractivity contribution in [1.29, 1.82) is 0 Å². The van der Waals surface area contributed by atoms with Crippen LogP contribution in [0.5, 0.6) is 0 Å². The molecule has 1 aliphatic carbocycles. The molecule has 0 saturated heterocycles. The van der Waals surface area contributed by atoms with Crippen LogP contribution in [0.15, 0.2) is 38.8 Å². The number of nitrogens with zero attached hydrogens (tertiary/aromatic N) is 9. The maximum atomic E-state index is 2.63. The summed E-state index contributed by atoms with van der Waals surface area (Å²) in [7, 11) is 36.6. The van der Waals surface area contributed by atoms with E-state index >= 15 is 0 Å². The molecule has 9 nitrogen and oxygen atoms in total. The first-order valence-electron chi connectivity index (χ1n) is 20.8. The van der Waals surface area contributed by atoms with E-state index in [4.69, 9.17) is 0 Å². The minimum Gasteiger partial charge on any atom is -1.00 e.